The Bertz CT molecular complexity index is 347. The maximum atomic E-state index is 11.6. The van der Waals surface area contributed by atoms with E-state index in [0.29, 0.717) is 24.8 Å². The summed E-state index contributed by atoms with van der Waals surface area (Å²) in [4.78, 5) is 15.5. The van der Waals surface area contributed by atoms with Crippen molar-refractivity contribution < 1.29 is 9.21 Å². The first-order valence-electron chi connectivity index (χ1n) is 5.43. The molecule has 0 fully saturated rings. The average molecular weight is 225 g/mol. The van der Waals surface area contributed by atoms with Gasteiger partial charge in [0.15, 0.2) is 0 Å². The summed E-state index contributed by atoms with van der Waals surface area (Å²) in [6, 6.07) is -0.462. The molecule has 90 valence electrons. The molecular formula is C11H19N3O2. The summed E-state index contributed by atoms with van der Waals surface area (Å²) >= 11 is 0. The maximum absolute atomic E-state index is 11.6. The lowest BCUT2D eigenvalue weighted by Gasteiger charge is -2.13. The first-order chi connectivity index (χ1) is 7.49. The first-order valence-corrected chi connectivity index (χ1v) is 5.43. The fraction of sp³-hybridized carbons (Fsp3) is 0.636. The van der Waals surface area contributed by atoms with Crippen LogP contribution in [-0.2, 0) is 11.3 Å². The summed E-state index contributed by atoms with van der Waals surface area (Å²) in [7, 11) is 0. The second-order valence-corrected chi connectivity index (χ2v) is 4.32. The molecular weight excluding hydrogens is 206 g/mol. The van der Waals surface area contributed by atoms with Gasteiger partial charge in [-0.1, -0.05) is 13.8 Å². The largest absolute Gasteiger partial charge is 0.444 e. The van der Waals surface area contributed by atoms with E-state index in [1.165, 1.54) is 0 Å². The molecule has 1 amide bonds. The predicted octanol–water partition coefficient (Wildman–Crippen LogP) is 0.973. The van der Waals surface area contributed by atoms with Crippen LogP contribution in [-0.4, -0.2) is 16.9 Å². The van der Waals surface area contributed by atoms with Crippen molar-refractivity contribution >= 4 is 5.91 Å². The van der Waals surface area contributed by atoms with Crippen molar-refractivity contribution in [3.05, 3.63) is 17.8 Å². The number of hydrogen-bond acceptors (Lipinski definition) is 4. The zero-order valence-electron chi connectivity index (χ0n) is 9.99. The number of nitrogens with two attached hydrogens (primary N) is 1. The molecule has 5 nitrogen and oxygen atoms in total. The lowest BCUT2D eigenvalue weighted by Crippen LogP contribution is -2.41. The lowest BCUT2D eigenvalue weighted by atomic mass is 10.0. The van der Waals surface area contributed by atoms with E-state index >= 15 is 0 Å². The highest BCUT2D eigenvalue weighted by Crippen LogP contribution is 2.04. The number of aromatic nitrogens is 1. The smallest absolute Gasteiger partial charge is 0.237 e. The van der Waals surface area contributed by atoms with Crippen molar-refractivity contribution in [3.63, 3.8) is 0 Å². The lowest BCUT2D eigenvalue weighted by molar-refractivity contribution is -0.122. The van der Waals surface area contributed by atoms with Gasteiger partial charge in [0.25, 0.3) is 0 Å². The third-order valence-electron chi connectivity index (χ3n) is 2.15. The number of carbonyl (C=O) groups excluding carboxylic acids is 1. The molecule has 0 aromatic carbocycles. The number of rotatable bonds is 5. The van der Waals surface area contributed by atoms with E-state index in [0.717, 1.165) is 5.76 Å². The molecule has 0 bridgehead atoms. The molecule has 0 radical (unpaired) electrons. The number of hydrogen-bond donors (Lipinski definition) is 2. The molecule has 0 aliphatic rings. The minimum Gasteiger partial charge on any atom is -0.444 e. The summed E-state index contributed by atoms with van der Waals surface area (Å²) in [6.07, 6.45) is 2.30. The van der Waals surface area contributed by atoms with E-state index in [1.54, 1.807) is 6.20 Å². The molecule has 1 heterocycles. The predicted molar refractivity (Wildman–Crippen MR) is 60.5 cm³/mol. The number of carbonyl (C=O) groups is 1. The van der Waals surface area contributed by atoms with Gasteiger partial charge in [-0.25, -0.2) is 4.98 Å². The van der Waals surface area contributed by atoms with Gasteiger partial charge in [-0.3, -0.25) is 4.79 Å². The van der Waals surface area contributed by atoms with Crippen LogP contribution in [0, 0.1) is 12.8 Å². The zero-order chi connectivity index (χ0) is 12.1. The van der Waals surface area contributed by atoms with Crippen LogP contribution in [0.2, 0.25) is 0 Å². The van der Waals surface area contributed by atoms with Gasteiger partial charge in [-0.05, 0) is 19.3 Å². The molecule has 16 heavy (non-hydrogen) atoms. The SMILES string of the molecule is Cc1cnc(CNC(=O)[C@H](N)CC(C)C)o1. The number of amides is 1. The van der Waals surface area contributed by atoms with Gasteiger partial charge < -0.3 is 15.5 Å². The number of oxazole rings is 1. The normalized spacial score (nSPS) is 12.8. The van der Waals surface area contributed by atoms with Crippen LogP contribution in [0.4, 0.5) is 0 Å². The number of nitrogens with zero attached hydrogens (tertiary/aromatic N) is 1. The van der Waals surface area contributed by atoms with Crippen molar-refractivity contribution in [1.82, 2.24) is 10.3 Å². The Morgan fingerprint density at radius 2 is 2.31 bits per heavy atom. The first kappa shape index (κ1) is 12.7. The highest BCUT2D eigenvalue weighted by atomic mass is 16.4. The highest BCUT2D eigenvalue weighted by molar-refractivity contribution is 5.81. The molecule has 0 unspecified atom stereocenters. The van der Waals surface area contributed by atoms with Crippen molar-refractivity contribution in [1.29, 1.82) is 0 Å². The second-order valence-electron chi connectivity index (χ2n) is 4.32. The van der Waals surface area contributed by atoms with E-state index in [-0.39, 0.29) is 5.91 Å². The Hall–Kier alpha value is -1.36. The Balaban J connectivity index is 2.35. The van der Waals surface area contributed by atoms with Crippen molar-refractivity contribution in [2.45, 2.75) is 39.8 Å². The molecule has 1 atom stereocenters. The Morgan fingerprint density at radius 1 is 1.62 bits per heavy atom. The number of aryl methyl sites for hydroxylation is 1. The summed E-state index contributed by atoms with van der Waals surface area (Å²) < 4.78 is 5.23. The van der Waals surface area contributed by atoms with E-state index in [2.05, 4.69) is 10.3 Å². The summed E-state index contributed by atoms with van der Waals surface area (Å²) in [6.45, 7) is 6.16. The Labute approximate surface area is 95.4 Å². The van der Waals surface area contributed by atoms with Gasteiger partial charge in [-0.15, -0.1) is 0 Å². The van der Waals surface area contributed by atoms with E-state index < -0.39 is 6.04 Å². The molecule has 0 aliphatic carbocycles. The van der Waals surface area contributed by atoms with Crippen molar-refractivity contribution in [2.24, 2.45) is 11.7 Å². The van der Waals surface area contributed by atoms with Gasteiger partial charge in [0.2, 0.25) is 11.8 Å². The molecule has 1 aromatic rings. The van der Waals surface area contributed by atoms with Gasteiger partial charge >= 0.3 is 0 Å². The quantitative estimate of drug-likeness (QED) is 0.782. The Kier molecular flexibility index (Phi) is 4.49. The maximum Gasteiger partial charge on any atom is 0.237 e. The molecule has 0 spiro atoms. The topological polar surface area (TPSA) is 81.2 Å². The Morgan fingerprint density at radius 3 is 2.81 bits per heavy atom. The third kappa shape index (κ3) is 4.02. The summed E-state index contributed by atoms with van der Waals surface area (Å²) in [5, 5.41) is 2.70. The molecule has 1 rings (SSSR count). The molecule has 3 N–H and O–H groups in total. The summed E-state index contributed by atoms with van der Waals surface area (Å²) in [5.74, 6) is 1.48. The second kappa shape index (κ2) is 5.65. The summed E-state index contributed by atoms with van der Waals surface area (Å²) in [5.41, 5.74) is 5.72. The van der Waals surface area contributed by atoms with Crippen molar-refractivity contribution in [2.75, 3.05) is 0 Å². The van der Waals surface area contributed by atoms with Gasteiger partial charge in [-0.2, -0.15) is 0 Å². The van der Waals surface area contributed by atoms with Crippen LogP contribution in [0.25, 0.3) is 0 Å². The fourth-order valence-corrected chi connectivity index (χ4v) is 1.39. The zero-order valence-corrected chi connectivity index (χ0v) is 9.99. The van der Waals surface area contributed by atoms with Crippen LogP contribution in [0.5, 0.6) is 0 Å². The monoisotopic (exact) mass is 225 g/mol. The molecule has 0 saturated carbocycles. The van der Waals surface area contributed by atoms with Crippen LogP contribution in [0.1, 0.15) is 31.9 Å². The van der Waals surface area contributed by atoms with Crippen molar-refractivity contribution in [3.8, 4) is 0 Å². The number of nitrogens with one attached hydrogen (secondary N) is 1. The molecule has 1 aromatic heterocycles. The van der Waals surface area contributed by atoms with Crippen LogP contribution < -0.4 is 11.1 Å². The van der Waals surface area contributed by atoms with E-state index in [9.17, 15) is 4.79 Å². The average Bonchev–Trinajstić information content (AvgIpc) is 2.59. The van der Waals surface area contributed by atoms with Crippen LogP contribution >= 0.6 is 0 Å². The minimum absolute atomic E-state index is 0.162. The molecule has 0 aliphatic heterocycles. The standard InChI is InChI=1S/C11H19N3O2/c1-7(2)4-9(12)11(15)14-6-10-13-5-8(3)16-10/h5,7,9H,4,6,12H2,1-3H3,(H,14,15)/t9-/m1/s1. The van der Waals surface area contributed by atoms with Gasteiger partial charge in [0.1, 0.15) is 5.76 Å². The third-order valence-corrected chi connectivity index (χ3v) is 2.15. The van der Waals surface area contributed by atoms with Crippen LogP contribution in [0.3, 0.4) is 0 Å². The highest BCUT2D eigenvalue weighted by Gasteiger charge is 2.15. The molecule has 5 heteroatoms. The van der Waals surface area contributed by atoms with E-state index in [1.807, 2.05) is 20.8 Å². The fourth-order valence-electron chi connectivity index (χ4n) is 1.39. The van der Waals surface area contributed by atoms with Crippen LogP contribution in [0.15, 0.2) is 10.6 Å². The van der Waals surface area contributed by atoms with Gasteiger partial charge in [0.05, 0.1) is 18.8 Å². The van der Waals surface area contributed by atoms with E-state index in [4.69, 9.17) is 10.2 Å². The minimum atomic E-state index is -0.462. The van der Waals surface area contributed by atoms with Gasteiger partial charge in [0, 0.05) is 0 Å². The molecule has 0 saturated heterocycles.